The standard InChI is InChI=1S/C12H22N4/c1-3-10-8-11(16(2)15-10)12(14-13)9-6-4-5-7-9/h8-9,12,14H,3-7,13H2,1-2H3. The van der Waals surface area contributed by atoms with Crippen LogP contribution in [0, 0.1) is 5.92 Å². The molecule has 1 fully saturated rings. The molecule has 4 nitrogen and oxygen atoms in total. The van der Waals surface area contributed by atoms with Crippen molar-refractivity contribution in [3.8, 4) is 0 Å². The molecule has 90 valence electrons. The third kappa shape index (κ3) is 2.13. The van der Waals surface area contributed by atoms with Gasteiger partial charge in [-0.05, 0) is 31.2 Å². The van der Waals surface area contributed by atoms with E-state index < -0.39 is 0 Å². The Morgan fingerprint density at radius 3 is 2.75 bits per heavy atom. The van der Waals surface area contributed by atoms with Gasteiger partial charge < -0.3 is 0 Å². The van der Waals surface area contributed by atoms with Crippen LogP contribution in [0.25, 0.3) is 0 Å². The number of hydrogen-bond donors (Lipinski definition) is 2. The van der Waals surface area contributed by atoms with Crippen LogP contribution in [0.3, 0.4) is 0 Å². The van der Waals surface area contributed by atoms with Crippen molar-refractivity contribution in [2.75, 3.05) is 0 Å². The topological polar surface area (TPSA) is 55.9 Å². The SMILES string of the molecule is CCc1cc(C(NN)C2CCCC2)n(C)n1. The summed E-state index contributed by atoms with van der Waals surface area (Å²) in [7, 11) is 2.01. The van der Waals surface area contributed by atoms with Crippen molar-refractivity contribution in [1.29, 1.82) is 0 Å². The average Bonchev–Trinajstić information content (AvgIpc) is 2.91. The smallest absolute Gasteiger partial charge is 0.0657 e. The van der Waals surface area contributed by atoms with Crippen molar-refractivity contribution in [2.24, 2.45) is 18.8 Å². The van der Waals surface area contributed by atoms with Gasteiger partial charge in [0.25, 0.3) is 0 Å². The first-order valence-electron chi connectivity index (χ1n) is 6.25. The van der Waals surface area contributed by atoms with Gasteiger partial charge in [0.1, 0.15) is 0 Å². The number of aromatic nitrogens is 2. The van der Waals surface area contributed by atoms with E-state index in [2.05, 4.69) is 23.5 Å². The molecule has 1 atom stereocenters. The van der Waals surface area contributed by atoms with Gasteiger partial charge in [0.05, 0.1) is 17.4 Å². The van der Waals surface area contributed by atoms with E-state index >= 15 is 0 Å². The highest BCUT2D eigenvalue weighted by atomic mass is 15.3. The Morgan fingerprint density at radius 2 is 2.25 bits per heavy atom. The number of nitrogens with one attached hydrogen (secondary N) is 1. The summed E-state index contributed by atoms with van der Waals surface area (Å²) in [4.78, 5) is 0. The van der Waals surface area contributed by atoms with Gasteiger partial charge in [-0.25, -0.2) is 0 Å². The van der Waals surface area contributed by atoms with Crippen molar-refractivity contribution in [2.45, 2.75) is 45.1 Å². The molecule has 1 saturated carbocycles. The van der Waals surface area contributed by atoms with Crippen LogP contribution in [0.4, 0.5) is 0 Å². The van der Waals surface area contributed by atoms with Crippen molar-refractivity contribution in [3.05, 3.63) is 17.5 Å². The number of hydrogen-bond acceptors (Lipinski definition) is 3. The molecule has 0 saturated heterocycles. The van der Waals surface area contributed by atoms with Gasteiger partial charge in [-0.15, -0.1) is 0 Å². The third-order valence-corrected chi connectivity index (χ3v) is 3.70. The van der Waals surface area contributed by atoms with Crippen LogP contribution in [0.2, 0.25) is 0 Å². The lowest BCUT2D eigenvalue weighted by Gasteiger charge is -2.22. The summed E-state index contributed by atoms with van der Waals surface area (Å²) in [6.45, 7) is 2.13. The Labute approximate surface area is 97.2 Å². The summed E-state index contributed by atoms with van der Waals surface area (Å²) in [5, 5.41) is 4.49. The first kappa shape index (κ1) is 11.6. The second kappa shape index (κ2) is 4.97. The highest BCUT2D eigenvalue weighted by molar-refractivity contribution is 5.15. The fourth-order valence-electron chi connectivity index (χ4n) is 2.76. The van der Waals surface area contributed by atoms with Crippen LogP contribution < -0.4 is 11.3 Å². The van der Waals surface area contributed by atoms with E-state index in [1.807, 2.05) is 11.7 Å². The largest absolute Gasteiger partial charge is 0.271 e. The summed E-state index contributed by atoms with van der Waals surface area (Å²) in [5.41, 5.74) is 5.35. The van der Waals surface area contributed by atoms with Gasteiger partial charge in [-0.2, -0.15) is 5.10 Å². The van der Waals surface area contributed by atoms with E-state index in [0.717, 1.165) is 12.1 Å². The summed E-state index contributed by atoms with van der Waals surface area (Å²) >= 11 is 0. The Bertz CT molecular complexity index is 339. The molecule has 0 spiro atoms. The van der Waals surface area contributed by atoms with E-state index in [0.29, 0.717) is 5.92 Å². The molecule has 1 aliphatic carbocycles. The average molecular weight is 222 g/mol. The van der Waals surface area contributed by atoms with Crippen LogP contribution in [0.5, 0.6) is 0 Å². The quantitative estimate of drug-likeness (QED) is 0.602. The predicted octanol–water partition coefficient (Wildman–Crippen LogP) is 1.68. The maximum atomic E-state index is 5.71. The Morgan fingerprint density at radius 1 is 1.56 bits per heavy atom. The molecular formula is C12H22N4. The number of hydrazine groups is 1. The van der Waals surface area contributed by atoms with Crippen LogP contribution in [-0.4, -0.2) is 9.78 Å². The maximum absolute atomic E-state index is 5.71. The monoisotopic (exact) mass is 222 g/mol. The van der Waals surface area contributed by atoms with Crippen LogP contribution >= 0.6 is 0 Å². The highest BCUT2D eigenvalue weighted by Gasteiger charge is 2.27. The van der Waals surface area contributed by atoms with E-state index in [-0.39, 0.29) is 6.04 Å². The molecule has 1 aromatic heterocycles. The molecule has 2 rings (SSSR count). The first-order valence-corrected chi connectivity index (χ1v) is 6.25. The zero-order chi connectivity index (χ0) is 11.5. The molecule has 1 unspecified atom stereocenters. The van der Waals surface area contributed by atoms with Gasteiger partial charge in [0.2, 0.25) is 0 Å². The molecule has 1 aromatic rings. The number of nitrogens with two attached hydrogens (primary N) is 1. The molecule has 3 N–H and O–H groups in total. The van der Waals surface area contributed by atoms with Gasteiger partial charge in [-0.3, -0.25) is 16.0 Å². The fraction of sp³-hybridized carbons (Fsp3) is 0.750. The molecule has 0 aliphatic heterocycles. The molecule has 0 aromatic carbocycles. The summed E-state index contributed by atoms with van der Waals surface area (Å²) in [6.07, 6.45) is 6.21. The lowest BCUT2D eigenvalue weighted by atomic mass is 9.95. The summed E-state index contributed by atoms with van der Waals surface area (Å²) < 4.78 is 1.97. The molecule has 1 heterocycles. The summed E-state index contributed by atoms with van der Waals surface area (Å²) in [5.74, 6) is 6.38. The van der Waals surface area contributed by atoms with Gasteiger partial charge in [0.15, 0.2) is 0 Å². The minimum Gasteiger partial charge on any atom is -0.271 e. The van der Waals surface area contributed by atoms with Crippen LogP contribution in [0.1, 0.15) is 50.0 Å². The Hall–Kier alpha value is -0.870. The predicted molar refractivity (Wildman–Crippen MR) is 64.6 cm³/mol. The van der Waals surface area contributed by atoms with Crippen LogP contribution in [0.15, 0.2) is 6.07 Å². The Kier molecular flexibility index (Phi) is 3.61. The second-order valence-electron chi connectivity index (χ2n) is 4.73. The highest BCUT2D eigenvalue weighted by Crippen LogP contribution is 2.35. The number of nitrogens with zero attached hydrogens (tertiary/aromatic N) is 2. The van der Waals surface area contributed by atoms with Gasteiger partial charge in [0, 0.05) is 7.05 Å². The molecule has 1 aliphatic rings. The maximum Gasteiger partial charge on any atom is 0.0657 e. The fourth-order valence-corrected chi connectivity index (χ4v) is 2.76. The molecule has 16 heavy (non-hydrogen) atoms. The van der Waals surface area contributed by atoms with E-state index in [4.69, 9.17) is 5.84 Å². The molecule has 0 amide bonds. The minimum atomic E-state index is 0.264. The summed E-state index contributed by atoms with van der Waals surface area (Å²) in [6, 6.07) is 2.45. The van der Waals surface area contributed by atoms with E-state index in [9.17, 15) is 0 Å². The van der Waals surface area contributed by atoms with Crippen molar-refractivity contribution in [3.63, 3.8) is 0 Å². The van der Waals surface area contributed by atoms with Gasteiger partial charge >= 0.3 is 0 Å². The Balaban J connectivity index is 2.21. The molecule has 4 heteroatoms. The lowest BCUT2D eigenvalue weighted by Crippen LogP contribution is -2.34. The molecule has 0 radical (unpaired) electrons. The first-order chi connectivity index (χ1) is 7.76. The van der Waals surface area contributed by atoms with Crippen LogP contribution in [-0.2, 0) is 13.5 Å². The van der Waals surface area contributed by atoms with Crippen molar-refractivity contribution < 1.29 is 0 Å². The van der Waals surface area contributed by atoms with E-state index in [1.54, 1.807) is 0 Å². The molecular weight excluding hydrogens is 200 g/mol. The minimum absolute atomic E-state index is 0.264. The lowest BCUT2D eigenvalue weighted by molar-refractivity contribution is 0.355. The zero-order valence-corrected chi connectivity index (χ0v) is 10.2. The third-order valence-electron chi connectivity index (χ3n) is 3.70. The normalized spacial score (nSPS) is 19.2. The number of aryl methyl sites for hydroxylation is 2. The van der Waals surface area contributed by atoms with E-state index in [1.165, 1.54) is 31.4 Å². The molecule has 0 bridgehead atoms. The number of rotatable bonds is 4. The zero-order valence-electron chi connectivity index (χ0n) is 10.2. The second-order valence-corrected chi connectivity index (χ2v) is 4.73. The van der Waals surface area contributed by atoms with Crippen molar-refractivity contribution in [1.82, 2.24) is 15.2 Å². The van der Waals surface area contributed by atoms with Crippen molar-refractivity contribution >= 4 is 0 Å². The van der Waals surface area contributed by atoms with Gasteiger partial charge in [-0.1, -0.05) is 19.8 Å².